The van der Waals surface area contributed by atoms with Crippen LogP contribution in [0, 0.1) is 13.8 Å². The Morgan fingerprint density at radius 1 is 0.952 bits per heavy atom. The molecule has 0 saturated carbocycles. The van der Waals surface area contributed by atoms with E-state index in [1.165, 1.54) is 5.56 Å². The van der Waals surface area contributed by atoms with Crippen LogP contribution in [0.25, 0.3) is 0 Å². The average Bonchev–Trinajstić information content (AvgIpc) is 2.46. The molecule has 2 nitrogen and oxygen atoms in total. The molecule has 0 spiro atoms. The standard InChI is InChI=1S/C17H18BrClO2/c1-10-5-6-12(14(18)7-10)17(19)13-9-16(21-4)15(20-3)8-11(13)2/h5-9,17H,1-4H3. The predicted molar refractivity (Wildman–Crippen MR) is 90.9 cm³/mol. The van der Waals surface area contributed by atoms with Crippen molar-refractivity contribution in [1.29, 1.82) is 0 Å². The van der Waals surface area contributed by atoms with Crippen molar-refractivity contribution in [2.24, 2.45) is 0 Å². The first kappa shape index (κ1) is 16.2. The number of aryl methyl sites for hydroxylation is 2. The van der Waals surface area contributed by atoms with Crippen LogP contribution in [0.3, 0.4) is 0 Å². The Balaban J connectivity index is 2.50. The summed E-state index contributed by atoms with van der Waals surface area (Å²) >= 11 is 10.3. The second-order valence-electron chi connectivity index (χ2n) is 4.95. The van der Waals surface area contributed by atoms with Gasteiger partial charge in [-0.2, -0.15) is 0 Å². The van der Waals surface area contributed by atoms with E-state index in [1.807, 2.05) is 25.1 Å². The summed E-state index contributed by atoms with van der Waals surface area (Å²) in [5, 5.41) is -0.250. The van der Waals surface area contributed by atoms with Gasteiger partial charge in [0.2, 0.25) is 0 Å². The minimum atomic E-state index is -0.250. The van der Waals surface area contributed by atoms with Gasteiger partial charge in [-0.05, 0) is 54.3 Å². The molecule has 0 saturated heterocycles. The third kappa shape index (κ3) is 3.35. The molecule has 1 atom stereocenters. The van der Waals surface area contributed by atoms with Crippen LogP contribution in [-0.4, -0.2) is 14.2 Å². The maximum Gasteiger partial charge on any atom is 0.161 e. The van der Waals surface area contributed by atoms with Crippen molar-refractivity contribution >= 4 is 27.5 Å². The Bertz CT molecular complexity index is 655. The molecule has 0 aliphatic heterocycles. The molecule has 2 rings (SSSR count). The highest BCUT2D eigenvalue weighted by atomic mass is 79.9. The molecular formula is C17H18BrClO2. The number of hydrogen-bond acceptors (Lipinski definition) is 2. The van der Waals surface area contributed by atoms with E-state index in [2.05, 4.69) is 35.0 Å². The maximum atomic E-state index is 6.69. The molecule has 0 aromatic heterocycles. The van der Waals surface area contributed by atoms with Crippen LogP contribution < -0.4 is 9.47 Å². The first-order valence-electron chi connectivity index (χ1n) is 6.60. The Kier molecular flexibility index (Phi) is 5.17. The molecule has 0 radical (unpaired) electrons. The summed E-state index contributed by atoms with van der Waals surface area (Å²) in [4.78, 5) is 0. The van der Waals surface area contributed by atoms with Gasteiger partial charge in [0.25, 0.3) is 0 Å². The minimum Gasteiger partial charge on any atom is -0.493 e. The maximum absolute atomic E-state index is 6.69. The van der Waals surface area contributed by atoms with Crippen molar-refractivity contribution in [1.82, 2.24) is 0 Å². The summed E-state index contributed by atoms with van der Waals surface area (Å²) in [6.07, 6.45) is 0. The molecule has 4 heteroatoms. The molecule has 0 amide bonds. The van der Waals surface area contributed by atoms with Crippen molar-refractivity contribution < 1.29 is 9.47 Å². The summed E-state index contributed by atoms with van der Waals surface area (Å²) in [6, 6.07) is 10.1. The van der Waals surface area contributed by atoms with Gasteiger partial charge >= 0.3 is 0 Å². The Morgan fingerprint density at radius 2 is 1.57 bits per heavy atom. The van der Waals surface area contributed by atoms with E-state index in [4.69, 9.17) is 21.1 Å². The fourth-order valence-electron chi connectivity index (χ4n) is 2.27. The Morgan fingerprint density at radius 3 is 2.14 bits per heavy atom. The van der Waals surface area contributed by atoms with Gasteiger partial charge in [-0.1, -0.05) is 28.1 Å². The lowest BCUT2D eigenvalue weighted by atomic mass is 9.98. The van der Waals surface area contributed by atoms with Gasteiger partial charge in [0, 0.05) is 4.47 Å². The van der Waals surface area contributed by atoms with Crippen LogP contribution in [-0.2, 0) is 0 Å². The fourth-order valence-corrected chi connectivity index (χ4v) is 3.55. The molecule has 0 aliphatic carbocycles. The zero-order chi connectivity index (χ0) is 15.6. The summed E-state index contributed by atoms with van der Waals surface area (Å²) in [6.45, 7) is 4.08. The SMILES string of the molecule is COc1cc(C)c(C(Cl)c2ccc(C)cc2Br)cc1OC. The highest BCUT2D eigenvalue weighted by molar-refractivity contribution is 9.10. The van der Waals surface area contributed by atoms with E-state index in [9.17, 15) is 0 Å². The normalized spacial score (nSPS) is 12.1. The monoisotopic (exact) mass is 368 g/mol. The van der Waals surface area contributed by atoms with Gasteiger partial charge in [0.05, 0.1) is 19.6 Å². The topological polar surface area (TPSA) is 18.5 Å². The summed E-state index contributed by atoms with van der Waals surface area (Å²) in [5.74, 6) is 1.40. The molecule has 112 valence electrons. The number of alkyl halides is 1. The van der Waals surface area contributed by atoms with E-state index >= 15 is 0 Å². The molecule has 1 unspecified atom stereocenters. The van der Waals surface area contributed by atoms with Crippen LogP contribution in [0.4, 0.5) is 0 Å². The predicted octanol–water partition coefficient (Wildman–Crippen LogP) is 5.41. The minimum absolute atomic E-state index is 0.250. The number of benzene rings is 2. The van der Waals surface area contributed by atoms with Crippen LogP contribution in [0.2, 0.25) is 0 Å². The lowest BCUT2D eigenvalue weighted by Gasteiger charge is -2.18. The first-order valence-corrected chi connectivity index (χ1v) is 7.83. The molecule has 0 heterocycles. The van der Waals surface area contributed by atoms with Gasteiger partial charge in [-0.15, -0.1) is 11.6 Å². The lowest BCUT2D eigenvalue weighted by molar-refractivity contribution is 0.354. The smallest absolute Gasteiger partial charge is 0.161 e. The lowest BCUT2D eigenvalue weighted by Crippen LogP contribution is -2.00. The van der Waals surface area contributed by atoms with Crippen molar-refractivity contribution in [2.75, 3.05) is 14.2 Å². The molecular weight excluding hydrogens is 352 g/mol. The molecule has 21 heavy (non-hydrogen) atoms. The van der Waals surface area contributed by atoms with Crippen LogP contribution in [0.5, 0.6) is 11.5 Å². The molecule has 0 fully saturated rings. The van der Waals surface area contributed by atoms with Crippen LogP contribution in [0.15, 0.2) is 34.8 Å². The molecule has 2 aromatic rings. The van der Waals surface area contributed by atoms with E-state index in [-0.39, 0.29) is 5.38 Å². The summed E-state index contributed by atoms with van der Waals surface area (Å²) in [7, 11) is 3.26. The third-order valence-corrected chi connectivity index (χ3v) is 4.63. The average molecular weight is 370 g/mol. The largest absolute Gasteiger partial charge is 0.493 e. The van der Waals surface area contributed by atoms with Gasteiger partial charge in [0.1, 0.15) is 0 Å². The highest BCUT2D eigenvalue weighted by Gasteiger charge is 2.19. The van der Waals surface area contributed by atoms with E-state index in [0.29, 0.717) is 11.5 Å². The Labute approximate surface area is 139 Å². The molecule has 0 aliphatic rings. The van der Waals surface area contributed by atoms with Crippen molar-refractivity contribution in [3.63, 3.8) is 0 Å². The van der Waals surface area contributed by atoms with Gasteiger partial charge < -0.3 is 9.47 Å². The number of hydrogen-bond donors (Lipinski definition) is 0. The van der Waals surface area contributed by atoms with Crippen molar-refractivity contribution in [2.45, 2.75) is 19.2 Å². The van der Waals surface area contributed by atoms with E-state index < -0.39 is 0 Å². The quantitative estimate of drug-likeness (QED) is 0.671. The van der Waals surface area contributed by atoms with Gasteiger partial charge in [-0.25, -0.2) is 0 Å². The molecule has 0 N–H and O–H groups in total. The van der Waals surface area contributed by atoms with Gasteiger partial charge in [0.15, 0.2) is 11.5 Å². The second kappa shape index (κ2) is 6.71. The Hall–Kier alpha value is -1.19. The first-order chi connectivity index (χ1) is 9.97. The van der Waals surface area contributed by atoms with Crippen molar-refractivity contribution in [3.8, 4) is 11.5 Å². The highest BCUT2D eigenvalue weighted by Crippen LogP contribution is 2.40. The van der Waals surface area contributed by atoms with E-state index in [0.717, 1.165) is 21.2 Å². The third-order valence-electron chi connectivity index (χ3n) is 3.47. The van der Waals surface area contributed by atoms with E-state index in [1.54, 1.807) is 14.2 Å². The van der Waals surface area contributed by atoms with Gasteiger partial charge in [-0.3, -0.25) is 0 Å². The van der Waals surface area contributed by atoms with Crippen molar-refractivity contribution in [3.05, 3.63) is 57.1 Å². The second-order valence-corrected chi connectivity index (χ2v) is 6.24. The summed E-state index contributed by atoms with van der Waals surface area (Å²) < 4.78 is 11.7. The number of rotatable bonds is 4. The fraction of sp³-hybridized carbons (Fsp3) is 0.294. The summed E-state index contributed by atoms with van der Waals surface area (Å²) in [5.41, 5.74) is 4.31. The molecule has 0 bridgehead atoms. The number of halogens is 2. The van der Waals surface area contributed by atoms with Crippen LogP contribution in [0.1, 0.15) is 27.6 Å². The van der Waals surface area contributed by atoms with Crippen LogP contribution >= 0.6 is 27.5 Å². The molecule has 2 aromatic carbocycles. The zero-order valence-corrected chi connectivity index (χ0v) is 14.9. The zero-order valence-electron chi connectivity index (χ0n) is 12.5. The number of methoxy groups -OCH3 is 2. The number of ether oxygens (including phenoxy) is 2.